The van der Waals surface area contributed by atoms with Crippen LogP contribution in [0.25, 0.3) is 0 Å². The molecule has 4 heteroatoms. The van der Waals surface area contributed by atoms with Crippen LogP contribution < -0.4 is 11.1 Å². The largest absolute Gasteiger partial charge is 0.322 e. The minimum atomic E-state index is -0.783. The molecule has 3 nitrogen and oxygen atoms in total. The van der Waals surface area contributed by atoms with Gasteiger partial charge in [-0.2, -0.15) is 0 Å². The lowest BCUT2D eigenvalue weighted by Gasteiger charge is -2.20. The molecule has 0 aliphatic carbocycles. The third-order valence-corrected chi connectivity index (χ3v) is 3.56. The van der Waals surface area contributed by atoms with Gasteiger partial charge in [0.2, 0.25) is 5.91 Å². The summed E-state index contributed by atoms with van der Waals surface area (Å²) in [6.07, 6.45) is 5.20. The lowest BCUT2D eigenvalue weighted by Crippen LogP contribution is -2.39. The monoisotopic (exact) mass is 296 g/mol. The Hall–Kier alpha value is -2.64. The van der Waals surface area contributed by atoms with Crippen molar-refractivity contribution < 1.29 is 9.18 Å². The lowest BCUT2D eigenvalue weighted by atomic mass is 9.93. The van der Waals surface area contributed by atoms with Crippen molar-refractivity contribution in [1.82, 2.24) is 0 Å². The standard InChI is InChI=1S/C18H17FN2O/c1-3-13-9-10-16(15(19)11-13)21-18(22)17(20)12(2)14-7-5-4-6-8-14/h1,4-12,17H,20H2,2H3,(H,21,22)/t12-,17-/m0/s1. The SMILES string of the molecule is C#Cc1ccc(NC(=O)[C@@H](N)[C@@H](C)c2ccccc2)c(F)c1. The van der Waals surface area contributed by atoms with E-state index in [0.717, 1.165) is 5.56 Å². The number of halogens is 1. The molecule has 0 heterocycles. The molecule has 0 aromatic heterocycles. The second kappa shape index (κ2) is 6.88. The molecule has 112 valence electrons. The quantitative estimate of drug-likeness (QED) is 0.852. The highest BCUT2D eigenvalue weighted by atomic mass is 19.1. The first-order valence-electron chi connectivity index (χ1n) is 6.90. The maximum atomic E-state index is 13.8. The van der Waals surface area contributed by atoms with Crippen LogP contribution >= 0.6 is 0 Å². The third kappa shape index (κ3) is 3.51. The molecule has 0 bridgehead atoms. The van der Waals surface area contributed by atoms with Crippen LogP contribution in [-0.4, -0.2) is 11.9 Å². The summed E-state index contributed by atoms with van der Waals surface area (Å²) in [7, 11) is 0. The van der Waals surface area contributed by atoms with Gasteiger partial charge in [0.15, 0.2) is 0 Å². The third-order valence-electron chi connectivity index (χ3n) is 3.56. The molecular formula is C18H17FN2O. The Kier molecular flexibility index (Phi) is 4.92. The van der Waals surface area contributed by atoms with E-state index in [1.165, 1.54) is 12.1 Å². The molecule has 0 unspecified atom stereocenters. The zero-order valence-electron chi connectivity index (χ0n) is 12.2. The predicted octanol–water partition coefficient (Wildman–Crippen LogP) is 2.88. The Bertz CT molecular complexity index is 707. The van der Waals surface area contributed by atoms with Gasteiger partial charge in [-0.3, -0.25) is 4.79 Å². The van der Waals surface area contributed by atoms with E-state index in [2.05, 4.69) is 11.2 Å². The van der Waals surface area contributed by atoms with Crippen LogP contribution in [0.15, 0.2) is 48.5 Å². The number of benzene rings is 2. The zero-order chi connectivity index (χ0) is 16.1. The molecule has 22 heavy (non-hydrogen) atoms. The smallest absolute Gasteiger partial charge is 0.241 e. The van der Waals surface area contributed by atoms with Crippen molar-refractivity contribution in [3.8, 4) is 12.3 Å². The van der Waals surface area contributed by atoms with E-state index >= 15 is 0 Å². The van der Waals surface area contributed by atoms with Gasteiger partial charge in [0.25, 0.3) is 0 Å². The first-order valence-corrected chi connectivity index (χ1v) is 6.90. The van der Waals surface area contributed by atoms with E-state index in [0.29, 0.717) is 5.56 Å². The van der Waals surface area contributed by atoms with Crippen LogP contribution in [0.2, 0.25) is 0 Å². The van der Waals surface area contributed by atoms with Gasteiger partial charge in [-0.25, -0.2) is 4.39 Å². The Morgan fingerprint density at radius 3 is 2.55 bits per heavy atom. The molecule has 0 fully saturated rings. The van der Waals surface area contributed by atoms with Crippen molar-refractivity contribution >= 4 is 11.6 Å². The van der Waals surface area contributed by atoms with Crippen molar-refractivity contribution in [2.45, 2.75) is 18.9 Å². The van der Waals surface area contributed by atoms with E-state index in [-0.39, 0.29) is 11.6 Å². The summed E-state index contributed by atoms with van der Waals surface area (Å²) in [4.78, 5) is 12.2. The summed E-state index contributed by atoms with van der Waals surface area (Å²) in [5, 5.41) is 2.50. The minimum absolute atomic E-state index is 0.0692. The van der Waals surface area contributed by atoms with Crippen molar-refractivity contribution in [1.29, 1.82) is 0 Å². The van der Waals surface area contributed by atoms with Gasteiger partial charge in [-0.15, -0.1) is 6.42 Å². The molecule has 1 amide bonds. The maximum absolute atomic E-state index is 13.8. The zero-order valence-corrected chi connectivity index (χ0v) is 12.2. The predicted molar refractivity (Wildman–Crippen MR) is 85.8 cm³/mol. The molecular weight excluding hydrogens is 279 g/mol. The van der Waals surface area contributed by atoms with Crippen LogP contribution in [0.4, 0.5) is 10.1 Å². The van der Waals surface area contributed by atoms with Crippen molar-refractivity contribution in [2.24, 2.45) is 5.73 Å². The van der Waals surface area contributed by atoms with Gasteiger partial charge in [-0.1, -0.05) is 43.2 Å². The van der Waals surface area contributed by atoms with Crippen LogP contribution in [0, 0.1) is 18.2 Å². The Labute approximate surface area is 129 Å². The van der Waals surface area contributed by atoms with Crippen molar-refractivity contribution in [3.05, 3.63) is 65.5 Å². The van der Waals surface area contributed by atoms with Gasteiger partial charge in [-0.05, 0) is 23.8 Å². The number of anilines is 1. The number of rotatable bonds is 4. The van der Waals surface area contributed by atoms with Crippen LogP contribution in [-0.2, 0) is 4.79 Å². The summed E-state index contributed by atoms with van der Waals surface area (Å²) in [6, 6.07) is 12.9. The number of terminal acetylenes is 1. The normalized spacial score (nSPS) is 13.0. The van der Waals surface area contributed by atoms with Crippen molar-refractivity contribution in [2.75, 3.05) is 5.32 Å². The molecule has 0 aliphatic rings. The van der Waals surface area contributed by atoms with Crippen LogP contribution in [0.3, 0.4) is 0 Å². The van der Waals surface area contributed by atoms with E-state index in [1.807, 2.05) is 37.3 Å². The number of nitrogens with two attached hydrogens (primary N) is 1. The average Bonchev–Trinajstić information content (AvgIpc) is 2.56. The number of nitrogens with one attached hydrogen (secondary N) is 1. The topological polar surface area (TPSA) is 55.1 Å². The molecule has 0 spiro atoms. The Morgan fingerprint density at radius 2 is 1.95 bits per heavy atom. The Morgan fingerprint density at radius 1 is 1.27 bits per heavy atom. The fourth-order valence-electron chi connectivity index (χ4n) is 2.11. The fraction of sp³-hybridized carbons (Fsp3) is 0.167. The summed E-state index contributed by atoms with van der Waals surface area (Å²) in [5.41, 5.74) is 7.42. The molecule has 0 saturated carbocycles. The number of hydrogen-bond donors (Lipinski definition) is 2. The second-order valence-corrected chi connectivity index (χ2v) is 5.05. The number of hydrogen-bond acceptors (Lipinski definition) is 2. The summed E-state index contributed by atoms with van der Waals surface area (Å²) < 4.78 is 13.8. The summed E-state index contributed by atoms with van der Waals surface area (Å²) in [6.45, 7) is 1.86. The average molecular weight is 296 g/mol. The highest BCUT2D eigenvalue weighted by Crippen LogP contribution is 2.20. The summed E-state index contributed by atoms with van der Waals surface area (Å²) in [5.74, 6) is 1.13. The fourth-order valence-corrected chi connectivity index (χ4v) is 2.11. The first kappa shape index (κ1) is 15.7. The van der Waals surface area contributed by atoms with Gasteiger partial charge < -0.3 is 11.1 Å². The lowest BCUT2D eigenvalue weighted by molar-refractivity contribution is -0.117. The molecule has 3 N–H and O–H groups in total. The Balaban J connectivity index is 2.10. The maximum Gasteiger partial charge on any atom is 0.241 e. The van der Waals surface area contributed by atoms with Crippen LogP contribution in [0.5, 0.6) is 0 Å². The van der Waals surface area contributed by atoms with E-state index in [4.69, 9.17) is 12.2 Å². The second-order valence-electron chi connectivity index (χ2n) is 5.05. The molecule has 2 rings (SSSR count). The molecule has 0 radical (unpaired) electrons. The highest BCUT2D eigenvalue weighted by molar-refractivity contribution is 5.95. The van der Waals surface area contributed by atoms with E-state index in [9.17, 15) is 9.18 Å². The molecule has 2 aromatic carbocycles. The van der Waals surface area contributed by atoms with E-state index in [1.54, 1.807) is 6.07 Å². The number of carbonyl (C=O) groups excluding carboxylic acids is 1. The number of amides is 1. The molecule has 0 saturated heterocycles. The van der Waals surface area contributed by atoms with Crippen molar-refractivity contribution in [3.63, 3.8) is 0 Å². The van der Waals surface area contributed by atoms with Gasteiger partial charge >= 0.3 is 0 Å². The summed E-state index contributed by atoms with van der Waals surface area (Å²) >= 11 is 0. The van der Waals surface area contributed by atoms with E-state index < -0.39 is 17.8 Å². The molecule has 2 aromatic rings. The van der Waals surface area contributed by atoms with Gasteiger partial charge in [0.1, 0.15) is 5.82 Å². The highest BCUT2D eigenvalue weighted by Gasteiger charge is 2.23. The van der Waals surface area contributed by atoms with Crippen LogP contribution in [0.1, 0.15) is 24.0 Å². The number of carbonyl (C=O) groups is 1. The minimum Gasteiger partial charge on any atom is -0.322 e. The molecule has 0 aliphatic heterocycles. The molecule has 2 atom stereocenters. The first-order chi connectivity index (χ1) is 10.5. The van der Waals surface area contributed by atoms with Gasteiger partial charge in [0, 0.05) is 11.5 Å². The van der Waals surface area contributed by atoms with Gasteiger partial charge in [0.05, 0.1) is 11.7 Å².